The van der Waals surface area contributed by atoms with Gasteiger partial charge in [-0.2, -0.15) is 0 Å². The topological polar surface area (TPSA) is 90.9 Å². The maximum Gasteiger partial charge on any atom is 0.139 e. The van der Waals surface area contributed by atoms with Crippen LogP contribution < -0.4 is 11.1 Å². The Morgan fingerprint density at radius 1 is 1.47 bits per heavy atom. The minimum absolute atomic E-state index is 0.153. The van der Waals surface area contributed by atoms with Crippen LogP contribution in [-0.2, 0) is 0 Å². The minimum atomic E-state index is 0.153. The molecule has 100 valence electrons. The fraction of sp³-hybridized carbons (Fsp3) is 0.917. The lowest BCUT2D eigenvalue weighted by molar-refractivity contribution is 0.217. The normalized spacial score (nSPS) is 20.6. The molecule has 0 aromatic rings. The highest BCUT2D eigenvalue weighted by Crippen LogP contribution is 2.48. The standard InChI is InChI=1S/C12H25N3O2/c1-9(2)5-10(7-16)14-8-12(3-4-12)6-11(13)15-17/h9-10,14,16-17H,3-8H2,1-2H3,(H2,13,15). The van der Waals surface area contributed by atoms with Gasteiger partial charge in [-0.3, -0.25) is 0 Å². The van der Waals surface area contributed by atoms with E-state index in [9.17, 15) is 5.11 Å². The molecule has 1 saturated carbocycles. The zero-order valence-electron chi connectivity index (χ0n) is 10.8. The SMILES string of the molecule is CC(C)CC(CO)NCC1(CC(N)=NO)CC1. The summed E-state index contributed by atoms with van der Waals surface area (Å²) < 4.78 is 0. The quantitative estimate of drug-likeness (QED) is 0.221. The monoisotopic (exact) mass is 243 g/mol. The number of rotatable bonds is 8. The summed E-state index contributed by atoms with van der Waals surface area (Å²) in [5.41, 5.74) is 5.70. The van der Waals surface area contributed by atoms with Crippen molar-refractivity contribution in [3.63, 3.8) is 0 Å². The van der Waals surface area contributed by atoms with E-state index in [4.69, 9.17) is 10.9 Å². The third-order valence-electron chi connectivity index (χ3n) is 3.38. The maximum absolute atomic E-state index is 9.27. The molecule has 5 N–H and O–H groups in total. The van der Waals surface area contributed by atoms with Crippen LogP contribution in [0.1, 0.15) is 39.5 Å². The van der Waals surface area contributed by atoms with Gasteiger partial charge in [0.1, 0.15) is 5.84 Å². The molecule has 0 amide bonds. The second kappa shape index (κ2) is 6.21. The molecule has 5 heteroatoms. The van der Waals surface area contributed by atoms with Crippen molar-refractivity contribution >= 4 is 5.84 Å². The Balaban J connectivity index is 2.33. The molecule has 0 bridgehead atoms. The summed E-state index contributed by atoms with van der Waals surface area (Å²) in [5, 5.41) is 24.3. The lowest BCUT2D eigenvalue weighted by Crippen LogP contribution is -2.38. The number of nitrogens with two attached hydrogens (primary N) is 1. The summed E-state index contributed by atoms with van der Waals surface area (Å²) in [7, 11) is 0. The molecule has 1 unspecified atom stereocenters. The van der Waals surface area contributed by atoms with Gasteiger partial charge >= 0.3 is 0 Å². The first kappa shape index (κ1) is 14.3. The molecule has 0 aliphatic heterocycles. The van der Waals surface area contributed by atoms with Crippen molar-refractivity contribution in [2.24, 2.45) is 22.2 Å². The van der Waals surface area contributed by atoms with E-state index in [1.165, 1.54) is 0 Å². The second-order valence-electron chi connectivity index (χ2n) is 5.66. The van der Waals surface area contributed by atoms with Crippen molar-refractivity contribution in [1.82, 2.24) is 5.32 Å². The number of aliphatic hydroxyl groups excluding tert-OH is 1. The number of hydrogen-bond acceptors (Lipinski definition) is 4. The van der Waals surface area contributed by atoms with Crippen molar-refractivity contribution in [2.45, 2.75) is 45.6 Å². The summed E-state index contributed by atoms with van der Waals surface area (Å²) in [4.78, 5) is 0. The van der Waals surface area contributed by atoms with Gasteiger partial charge in [-0.15, -0.1) is 0 Å². The van der Waals surface area contributed by atoms with Gasteiger partial charge in [-0.25, -0.2) is 0 Å². The van der Waals surface area contributed by atoms with Crippen molar-refractivity contribution in [1.29, 1.82) is 0 Å². The first-order chi connectivity index (χ1) is 8.01. The molecule has 0 heterocycles. The highest BCUT2D eigenvalue weighted by molar-refractivity contribution is 5.80. The van der Waals surface area contributed by atoms with Gasteiger partial charge in [0.25, 0.3) is 0 Å². The van der Waals surface area contributed by atoms with Crippen LogP contribution in [0.15, 0.2) is 5.16 Å². The predicted molar refractivity (Wildman–Crippen MR) is 68.0 cm³/mol. The summed E-state index contributed by atoms with van der Waals surface area (Å²) in [6.45, 7) is 5.29. The average molecular weight is 243 g/mol. The molecule has 1 aliphatic carbocycles. The van der Waals surface area contributed by atoms with E-state index in [2.05, 4.69) is 24.3 Å². The Bertz CT molecular complexity index is 262. The molecule has 1 rings (SSSR count). The molecule has 0 radical (unpaired) electrons. The summed E-state index contributed by atoms with van der Waals surface area (Å²) >= 11 is 0. The smallest absolute Gasteiger partial charge is 0.139 e. The van der Waals surface area contributed by atoms with E-state index in [1.54, 1.807) is 0 Å². The highest BCUT2D eigenvalue weighted by atomic mass is 16.4. The number of oxime groups is 1. The number of aliphatic hydroxyl groups is 1. The van der Waals surface area contributed by atoms with Crippen LogP contribution >= 0.6 is 0 Å². The van der Waals surface area contributed by atoms with Crippen LogP contribution in [0.25, 0.3) is 0 Å². The van der Waals surface area contributed by atoms with Crippen LogP contribution in [0.3, 0.4) is 0 Å². The molecule has 1 atom stereocenters. The number of amidine groups is 1. The molecule has 0 aromatic carbocycles. The van der Waals surface area contributed by atoms with Gasteiger partial charge in [-0.05, 0) is 30.6 Å². The molecular weight excluding hydrogens is 218 g/mol. The van der Waals surface area contributed by atoms with Gasteiger partial charge in [-0.1, -0.05) is 19.0 Å². The lowest BCUT2D eigenvalue weighted by atomic mass is 9.99. The van der Waals surface area contributed by atoms with Gasteiger partial charge in [0.15, 0.2) is 0 Å². The van der Waals surface area contributed by atoms with Crippen molar-refractivity contribution in [2.75, 3.05) is 13.2 Å². The number of nitrogens with one attached hydrogen (secondary N) is 1. The van der Waals surface area contributed by atoms with Crippen molar-refractivity contribution in [3.05, 3.63) is 0 Å². The van der Waals surface area contributed by atoms with Gasteiger partial charge in [0.05, 0.1) is 6.61 Å². The Hall–Kier alpha value is -0.810. The fourth-order valence-corrected chi connectivity index (χ4v) is 2.16. The van der Waals surface area contributed by atoms with Crippen molar-refractivity contribution < 1.29 is 10.3 Å². The second-order valence-corrected chi connectivity index (χ2v) is 5.66. The first-order valence-corrected chi connectivity index (χ1v) is 6.32. The Labute approximate surface area is 103 Å². The van der Waals surface area contributed by atoms with E-state index in [0.717, 1.165) is 25.8 Å². The Kier molecular flexibility index (Phi) is 5.21. The number of nitrogens with zero attached hydrogens (tertiary/aromatic N) is 1. The van der Waals surface area contributed by atoms with Gasteiger partial charge in [0.2, 0.25) is 0 Å². The largest absolute Gasteiger partial charge is 0.409 e. The van der Waals surface area contributed by atoms with E-state index in [-0.39, 0.29) is 18.1 Å². The van der Waals surface area contributed by atoms with Gasteiger partial charge in [0, 0.05) is 19.0 Å². The van der Waals surface area contributed by atoms with E-state index in [0.29, 0.717) is 18.2 Å². The molecule has 5 nitrogen and oxygen atoms in total. The van der Waals surface area contributed by atoms with Crippen LogP contribution in [0.4, 0.5) is 0 Å². The molecule has 0 saturated heterocycles. The Morgan fingerprint density at radius 3 is 2.53 bits per heavy atom. The average Bonchev–Trinajstić information content (AvgIpc) is 3.04. The zero-order chi connectivity index (χ0) is 12.9. The molecule has 0 aromatic heterocycles. The molecule has 1 aliphatic rings. The minimum Gasteiger partial charge on any atom is -0.409 e. The third kappa shape index (κ3) is 4.91. The van der Waals surface area contributed by atoms with Crippen LogP contribution in [0.2, 0.25) is 0 Å². The van der Waals surface area contributed by atoms with Gasteiger partial charge < -0.3 is 21.4 Å². The van der Waals surface area contributed by atoms with E-state index < -0.39 is 0 Å². The molecular formula is C12H25N3O2. The predicted octanol–water partition coefficient (Wildman–Crippen LogP) is 0.900. The van der Waals surface area contributed by atoms with E-state index in [1.807, 2.05) is 0 Å². The molecule has 1 fully saturated rings. The summed E-state index contributed by atoms with van der Waals surface area (Å²) in [6, 6.07) is 0.153. The fourth-order valence-electron chi connectivity index (χ4n) is 2.16. The first-order valence-electron chi connectivity index (χ1n) is 6.32. The van der Waals surface area contributed by atoms with Crippen LogP contribution in [-0.4, -0.2) is 35.3 Å². The number of hydrogen-bond donors (Lipinski definition) is 4. The lowest BCUT2D eigenvalue weighted by Gasteiger charge is -2.22. The molecule has 17 heavy (non-hydrogen) atoms. The summed E-state index contributed by atoms with van der Waals surface area (Å²) in [6.07, 6.45) is 3.82. The highest BCUT2D eigenvalue weighted by Gasteiger charge is 2.43. The van der Waals surface area contributed by atoms with Crippen molar-refractivity contribution in [3.8, 4) is 0 Å². The maximum atomic E-state index is 9.27. The molecule has 0 spiro atoms. The van der Waals surface area contributed by atoms with Crippen LogP contribution in [0.5, 0.6) is 0 Å². The van der Waals surface area contributed by atoms with Crippen LogP contribution in [0, 0.1) is 11.3 Å². The van der Waals surface area contributed by atoms with E-state index >= 15 is 0 Å². The Morgan fingerprint density at radius 2 is 2.12 bits per heavy atom. The third-order valence-corrected chi connectivity index (χ3v) is 3.38. The summed E-state index contributed by atoms with van der Waals surface area (Å²) in [5.74, 6) is 0.868. The zero-order valence-corrected chi connectivity index (χ0v) is 10.8.